The van der Waals surface area contributed by atoms with Crippen molar-refractivity contribution in [3.05, 3.63) is 30.1 Å². The number of nitrogens with two attached hydrogens (primary N) is 1. The van der Waals surface area contributed by atoms with Crippen LogP contribution in [0.3, 0.4) is 0 Å². The summed E-state index contributed by atoms with van der Waals surface area (Å²) >= 11 is 0. The zero-order valence-corrected chi connectivity index (χ0v) is 12.4. The minimum Gasteiger partial charge on any atom is -0.329 e. The number of nitrogens with one attached hydrogen (secondary N) is 1. The smallest absolute Gasteiger partial charge is 0.238 e. The number of nitrogens with zero attached hydrogens (tertiary/aromatic N) is 1. The largest absolute Gasteiger partial charge is 0.329 e. The first-order valence-corrected chi connectivity index (χ1v) is 6.96. The van der Waals surface area contributed by atoms with Gasteiger partial charge in [0.2, 0.25) is 5.91 Å². The summed E-state index contributed by atoms with van der Waals surface area (Å²) in [6.07, 6.45) is 0.852. The van der Waals surface area contributed by atoms with Crippen LogP contribution in [0.15, 0.2) is 24.3 Å². The average Bonchev–Trinajstić information content (AvgIpc) is 2.46. The zero-order valence-electron chi connectivity index (χ0n) is 12.4. The van der Waals surface area contributed by atoms with E-state index in [0.29, 0.717) is 13.1 Å². The van der Waals surface area contributed by atoms with Crippen LogP contribution in [0.1, 0.15) is 27.2 Å². The van der Waals surface area contributed by atoms with E-state index in [1.54, 1.807) is 18.2 Å². The number of benzene rings is 1. The van der Waals surface area contributed by atoms with Crippen molar-refractivity contribution in [1.82, 2.24) is 4.90 Å². The molecular weight excluding hydrogens is 257 g/mol. The minimum absolute atomic E-state index is 0.201. The number of hydrogen-bond acceptors (Lipinski definition) is 3. The number of rotatable bonds is 7. The Morgan fingerprint density at radius 2 is 2.05 bits per heavy atom. The molecule has 1 unspecified atom stereocenters. The van der Waals surface area contributed by atoms with Crippen molar-refractivity contribution in [3.8, 4) is 0 Å². The Labute approximate surface area is 120 Å². The van der Waals surface area contributed by atoms with Crippen molar-refractivity contribution in [2.24, 2.45) is 5.73 Å². The number of carbonyl (C=O) groups is 1. The molecule has 1 amide bonds. The Kier molecular flexibility index (Phi) is 6.10. The minimum atomic E-state index is -0.430. The number of halogens is 1. The summed E-state index contributed by atoms with van der Waals surface area (Å²) in [6, 6.07) is 6.15. The maximum atomic E-state index is 13.5. The lowest BCUT2D eigenvalue weighted by molar-refractivity contribution is -0.118. The Bertz CT molecular complexity index is 446. The number of hydrogen-bond donors (Lipinski definition) is 2. The van der Waals surface area contributed by atoms with Crippen molar-refractivity contribution in [1.29, 1.82) is 0 Å². The van der Waals surface area contributed by atoms with E-state index >= 15 is 0 Å². The third kappa shape index (κ3) is 4.02. The first-order valence-electron chi connectivity index (χ1n) is 6.96. The quantitative estimate of drug-likeness (QED) is 0.805. The third-order valence-electron chi connectivity index (χ3n) is 3.83. The lowest BCUT2D eigenvalue weighted by Gasteiger charge is -2.39. The van der Waals surface area contributed by atoms with Gasteiger partial charge in [-0.1, -0.05) is 26.0 Å². The van der Waals surface area contributed by atoms with Crippen molar-refractivity contribution < 1.29 is 9.18 Å². The van der Waals surface area contributed by atoms with Gasteiger partial charge in [-0.2, -0.15) is 0 Å². The number of para-hydroxylation sites is 1. The third-order valence-corrected chi connectivity index (χ3v) is 3.83. The molecule has 0 saturated carbocycles. The predicted molar refractivity (Wildman–Crippen MR) is 80.0 cm³/mol. The predicted octanol–water partition coefficient (Wildman–Crippen LogP) is 2.21. The molecule has 112 valence electrons. The van der Waals surface area contributed by atoms with Gasteiger partial charge >= 0.3 is 0 Å². The fraction of sp³-hybridized carbons (Fsp3) is 0.533. The van der Waals surface area contributed by atoms with Gasteiger partial charge in [-0.3, -0.25) is 9.69 Å². The number of amides is 1. The monoisotopic (exact) mass is 281 g/mol. The molecule has 1 atom stereocenters. The van der Waals surface area contributed by atoms with E-state index in [1.807, 2.05) is 25.7 Å². The van der Waals surface area contributed by atoms with Gasteiger partial charge in [0.1, 0.15) is 5.82 Å². The van der Waals surface area contributed by atoms with E-state index in [4.69, 9.17) is 5.73 Å². The van der Waals surface area contributed by atoms with E-state index in [9.17, 15) is 9.18 Å². The molecule has 1 aromatic carbocycles. The highest BCUT2D eigenvalue weighted by molar-refractivity contribution is 5.92. The van der Waals surface area contributed by atoms with E-state index in [0.717, 1.165) is 6.42 Å². The van der Waals surface area contributed by atoms with E-state index < -0.39 is 5.82 Å². The van der Waals surface area contributed by atoms with Gasteiger partial charge in [0.15, 0.2) is 0 Å². The van der Waals surface area contributed by atoms with Crippen LogP contribution in [0.2, 0.25) is 0 Å². The van der Waals surface area contributed by atoms with Crippen LogP contribution in [0.4, 0.5) is 10.1 Å². The first-order chi connectivity index (χ1) is 9.46. The molecule has 0 aromatic heterocycles. The van der Waals surface area contributed by atoms with E-state index in [-0.39, 0.29) is 23.7 Å². The molecule has 1 rings (SSSR count). The van der Waals surface area contributed by atoms with Gasteiger partial charge in [-0.25, -0.2) is 4.39 Å². The number of carbonyl (C=O) groups excluding carboxylic acids is 1. The molecule has 5 heteroatoms. The van der Waals surface area contributed by atoms with Crippen molar-refractivity contribution in [2.45, 2.75) is 32.7 Å². The highest BCUT2D eigenvalue weighted by Gasteiger charge is 2.28. The molecule has 0 fully saturated rings. The van der Waals surface area contributed by atoms with Gasteiger partial charge in [0.05, 0.1) is 12.2 Å². The van der Waals surface area contributed by atoms with Crippen molar-refractivity contribution in [3.63, 3.8) is 0 Å². The second kappa shape index (κ2) is 7.36. The van der Waals surface area contributed by atoms with Crippen LogP contribution in [-0.4, -0.2) is 36.0 Å². The Morgan fingerprint density at radius 3 is 2.55 bits per heavy atom. The summed E-state index contributed by atoms with van der Waals surface area (Å²) in [4.78, 5) is 14.1. The second-order valence-corrected chi connectivity index (χ2v) is 5.10. The summed E-state index contributed by atoms with van der Waals surface area (Å²) in [6.45, 7) is 7.46. The molecule has 0 heterocycles. The van der Waals surface area contributed by atoms with Gasteiger partial charge in [-0.15, -0.1) is 0 Å². The molecule has 0 aliphatic heterocycles. The Morgan fingerprint density at radius 1 is 1.40 bits per heavy atom. The molecule has 0 aliphatic rings. The SMILES string of the molecule is CCN(CC(=O)Nc1ccccc1F)C(C)(CC)CN. The zero-order chi connectivity index (χ0) is 15.2. The molecule has 0 spiro atoms. The van der Waals surface area contributed by atoms with Gasteiger partial charge < -0.3 is 11.1 Å². The van der Waals surface area contributed by atoms with Crippen LogP contribution in [-0.2, 0) is 4.79 Å². The average molecular weight is 281 g/mol. The summed E-state index contributed by atoms with van der Waals surface area (Å²) in [5, 5.41) is 2.60. The molecule has 0 radical (unpaired) electrons. The van der Waals surface area contributed by atoms with Crippen molar-refractivity contribution >= 4 is 11.6 Å². The first kappa shape index (κ1) is 16.6. The fourth-order valence-corrected chi connectivity index (χ4v) is 2.11. The highest BCUT2D eigenvalue weighted by atomic mass is 19.1. The van der Waals surface area contributed by atoms with Crippen LogP contribution >= 0.6 is 0 Å². The Hall–Kier alpha value is -1.46. The maximum Gasteiger partial charge on any atom is 0.238 e. The van der Waals surface area contributed by atoms with E-state index in [1.165, 1.54) is 6.07 Å². The van der Waals surface area contributed by atoms with Crippen LogP contribution in [0.5, 0.6) is 0 Å². The Balaban J connectivity index is 2.71. The fourth-order valence-electron chi connectivity index (χ4n) is 2.11. The second-order valence-electron chi connectivity index (χ2n) is 5.10. The molecule has 4 nitrogen and oxygen atoms in total. The normalized spacial score (nSPS) is 14.1. The summed E-state index contributed by atoms with van der Waals surface area (Å²) in [5.74, 6) is -0.661. The molecular formula is C15H24FN3O. The number of likely N-dealkylation sites (N-methyl/N-ethyl adjacent to an activating group) is 1. The van der Waals surface area contributed by atoms with Gasteiger partial charge in [0.25, 0.3) is 0 Å². The van der Waals surface area contributed by atoms with E-state index in [2.05, 4.69) is 5.32 Å². The summed E-state index contributed by atoms with van der Waals surface area (Å²) in [5.41, 5.74) is 5.80. The van der Waals surface area contributed by atoms with Crippen LogP contribution in [0, 0.1) is 5.82 Å². The standard InChI is InChI=1S/C15H24FN3O/c1-4-15(3,11-17)19(5-2)10-14(20)18-13-9-7-6-8-12(13)16/h6-9H,4-5,10-11,17H2,1-3H3,(H,18,20). The lowest BCUT2D eigenvalue weighted by atomic mass is 9.96. The topological polar surface area (TPSA) is 58.4 Å². The van der Waals surface area contributed by atoms with Crippen LogP contribution in [0.25, 0.3) is 0 Å². The maximum absolute atomic E-state index is 13.5. The highest BCUT2D eigenvalue weighted by Crippen LogP contribution is 2.18. The summed E-state index contributed by atoms with van der Waals surface area (Å²) < 4.78 is 13.5. The summed E-state index contributed by atoms with van der Waals surface area (Å²) in [7, 11) is 0. The molecule has 1 aromatic rings. The number of anilines is 1. The van der Waals surface area contributed by atoms with Crippen LogP contribution < -0.4 is 11.1 Å². The molecule has 0 bridgehead atoms. The molecule has 0 aliphatic carbocycles. The molecule has 20 heavy (non-hydrogen) atoms. The van der Waals surface area contributed by atoms with Gasteiger partial charge in [-0.05, 0) is 32.0 Å². The van der Waals surface area contributed by atoms with Gasteiger partial charge in [0, 0.05) is 12.1 Å². The lowest BCUT2D eigenvalue weighted by Crippen LogP contribution is -2.53. The molecule has 3 N–H and O–H groups in total. The van der Waals surface area contributed by atoms with Crippen molar-refractivity contribution in [2.75, 3.05) is 25.0 Å². The molecule has 0 saturated heterocycles.